The van der Waals surface area contributed by atoms with Gasteiger partial charge in [0.15, 0.2) is 0 Å². The fraction of sp³-hybridized carbons (Fsp3) is 0.333. The third-order valence-electron chi connectivity index (χ3n) is 3.29. The first kappa shape index (κ1) is 15.0. The third kappa shape index (κ3) is 3.39. The molecule has 0 amide bonds. The van der Waals surface area contributed by atoms with Crippen molar-refractivity contribution >= 4 is 11.6 Å². The molecule has 1 aromatic heterocycles. The maximum atomic E-state index is 13.2. The van der Waals surface area contributed by atoms with Gasteiger partial charge in [-0.1, -0.05) is 17.7 Å². The van der Waals surface area contributed by atoms with E-state index in [1.165, 1.54) is 6.07 Å². The van der Waals surface area contributed by atoms with E-state index in [1.807, 2.05) is 26.1 Å². The fourth-order valence-corrected chi connectivity index (χ4v) is 2.41. The first-order valence-corrected chi connectivity index (χ1v) is 6.79. The van der Waals surface area contributed by atoms with Crippen molar-refractivity contribution in [3.63, 3.8) is 0 Å². The average Bonchev–Trinajstić information content (AvgIpc) is 2.80. The molecule has 2 aromatic rings. The van der Waals surface area contributed by atoms with Gasteiger partial charge in [-0.3, -0.25) is 4.90 Å². The highest BCUT2D eigenvalue weighted by Gasteiger charge is 2.18. The Balaban J connectivity index is 2.16. The topological polar surface area (TPSA) is 42.4 Å². The predicted molar refractivity (Wildman–Crippen MR) is 78.1 cm³/mol. The van der Waals surface area contributed by atoms with Crippen molar-refractivity contribution < 1.29 is 8.81 Å². The van der Waals surface area contributed by atoms with Gasteiger partial charge in [-0.05, 0) is 43.8 Å². The summed E-state index contributed by atoms with van der Waals surface area (Å²) in [5, 5.41) is 0.114. The molecule has 0 aliphatic heterocycles. The van der Waals surface area contributed by atoms with E-state index in [0.717, 1.165) is 17.1 Å². The molecule has 0 bridgehead atoms. The number of nitrogens with zero attached hydrogens (tertiary/aromatic N) is 1. The first-order chi connectivity index (χ1) is 9.51. The van der Waals surface area contributed by atoms with Crippen LogP contribution in [-0.2, 0) is 6.54 Å². The van der Waals surface area contributed by atoms with Gasteiger partial charge in [-0.25, -0.2) is 4.39 Å². The summed E-state index contributed by atoms with van der Waals surface area (Å²) < 4.78 is 18.8. The second kappa shape index (κ2) is 6.39. The maximum absolute atomic E-state index is 13.2. The monoisotopic (exact) mass is 296 g/mol. The number of aryl methyl sites for hydroxylation is 1. The summed E-state index contributed by atoms with van der Waals surface area (Å²) in [4.78, 5) is 2.06. The van der Waals surface area contributed by atoms with Gasteiger partial charge in [-0.2, -0.15) is 0 Å². The molecule has 0 saturated heterocycles. The van der Waals surface area contributed by atoms with Crippen molar-refractivity contribution in [1.82, 2.24) is 4.90 Å². The molecule has 0 spiro atoms. The second-order valence-corrected chi connectivity index (χ2v) is 5.26. The smallest absolute Gasteiger partial charge is 0.141 e. The Hall–Kier alpha value is -1.36. The van der Waals surface area contributed by atoms with Crippen LogP contribution >= 0.6 is 11.6 Å². The summed E-state index contributed by atoms with van der Waals surface area (Å²) in [6, 6.07) is 8.52. The van der Waals surface area contributed by atoms with Crippen LogP contribution in [0, 0.1) is 12.7 Å². The second-order valence-electron chi connectivity index (χ2n) is 4.85. The molecule has 0 aliphatic carbocycles. The highest BCUT2D eigenvalue weighted by Crippen LogP contribution is 2.25. The minimum atomic E-state index is -0.421. The molecule has 2 N–H and O–H groups in total. The number of benzene rings is 1. The molecular weight excluding hydrogens is 279 g/mol. The van der Waals surface area contributed by atoms with Crippen molar-refractivity contribution in [2.24, 2.45) is 5.73 Å². The van der Waals surface area contributed by atoms with Gasteiger partial charge in [0.2, 0.25) is 0 Å². The van der Waals surface area contributed by atoms with Crippen LogP contribution in [0.15, 0.2) is 34.7 Å². The molecule has 1 atom stereocenters. The van der Waals surface area contributed by atoms with E-state index in [2.05, 4.69) is 4.90 Å². The quantitative estimate of drug-likeness (QED) is 0.918. The summed E-state index contributed by atoms with van der Waals surface area (Å²) in [5.41, 5.74) is 6.74. The number of hydrogen-bond donors (Lipinski definition) is 1. The summed E-state index contributed by atoms with van der Waals surface area (Å²) in [5.74, 6) is 1.33. The van der Waals surface area contributed by atoms with Gasteiger partial charge in [-0.15, -0.1) is 0 Å². The van der Waals surface area contributed by atoms with Crippen LogP contribution in [0.1, 0.15) is 23.1 Å². The van der Waals surface area contributed by atoms with Gasteiger partial charge in [0, 0.05) is 12.6 Å². The number of likely N-dealkylation sites (N-methyl/N-ethyl adjacent to an activating group) is 1. The summed E-state index contributed by atoms with van der Waals surface area (Å²) in [6.07, 6.45) is 0. The van der Waals surface area contributed by atoms with E-state index in [-0.39, 0.29) is 11.1 Å². The zero-order valence-electron chi connectivity index (χ0n) is 11.6. The van der Waals surface area contributed by atoms with Crippen molar-refractivity contribution in [1.29, 1.82) is 0 Å². The largest absolute Gasteiger partial charge is 0.465 e. The third-order valence-corrected chi connectivity index (χ3v) is 3.57. The number of furan rings is 1. The summed E-state index contributed by atoms with van der Waals surface area (Å²) in [7, 11) is 1.95. The average molecular weight is 297 g/mol. The van der Waals surface area contributed by atoms with Gasteiger partial charge >= 0.3 is 0 Å². The highest BCUT2D eigenvalue weighted by atomic mass is 35.5. The van der Waals surface area contributed by atoms with Crippen LogP contribution in [0.25, 0.3) is 0 Å². The fourth-order valence-electron chi connectivity index (χ4n) is 2.22. The lowest BCUT2D eigenvalue weighted by atomic mass is 10.1. The lowest BCUT2D eigenvalue weighted by molar-refractivity contribution is 0.221. The Morgan fingerprint density at radius 1 is 1.35 bits per heavy atom. The zero-order chi connectivity index (χ0) is 14.7. The van der Waals surface area contributed by atoms with E-state index in [4.69, 9.17) is 21.8 Å². The molecule has 2 rings (SSSR count). The van der Waals surface area contributed by atoms with Crippen LogP contribution in [-0.4, -0.2) is 18.5 Å². The van der Waals surface area contributed by atoms with Crippen molar-refractivity contribution in [3.8, 4) is 0 Å². The SMILES string of the molecule is Cc1ccc(CN(C)C(CN)c2ccc(F)c(Cl)c2)o1. The van der Waals surface area contributed by atoms with Gasteiger partial charge < -0.3 is 10.2 Å². The first-order valence-electron chi connectivity index (χ1n) is 6.42. The van der Waals surface area contributed by atoms with Crippen molar-refractivity contribution in [2.45, 2.75) is 19.5 Å². The van der Waals surface area contributed by atoms with Crippen LogP contribution in [0.3, 0.4) is 0 Å². The van der Waals surface area contributed by atoms with E-state index in [9.17, 15) is 4.39 Å². The van der Waals surface area contributed by atoms with Crippen LogP contribution in [0.4, 0.5) is 4.39 Å². The van der Waals surface area contributed by atoms with Gasteiger partial charge in [0.05, 0.1) is 11.6 Å². The van der Waals surface area contributed by atoms with Gasteiger partial charge in [0.1, 0.15) is 17.3 Å². The van der Waals surface area contributed by atoms with E-state index in [1.54, 1.807) is 12.1 Å². The number of halogens is 2. The molecule has 1 heterocycles. The minimum Gasteiger partial charge on any atom is -0.465 e. The number of nitrogens with two attached hydrogens (primary N) is 1. The number of rotatable bonds is 5. The Kier molecular flexibility index (Phi) is 4.81. The molecular formula is C15H18ClFN2O. The molecule has 1 aromatic carbocycles. The lowest BCUT2D eigenvalue weighted by Crippen LogP contribution is -2.30. The van der Waals surface area contributed by atoms with Crippen molar-refractivity contribution in [3.05, 3.63) is 58.3 Å². The van der Waals surface area contributed by atoms with Crippen LogP contribution in [0.2, 0.25) is 5.02 Å². The lowest BCUT2D eigenvalue weighted by Gasteiger charge is -2.26. The Morgan fingerprint density at radius 3 is 2.65 bits per heavy atom. The predicted octanol–water partition coefficient (Wildman–Crippen LogP) is 3.51. The Bertz CT molecular complexity index is 585. The molecule has 20 heavy (non-hydrogen) atoms. The summed E-state index contributed by atoms with van der Waals surface area (Å²) in [6.45, 7) is 2.95. The maximum Gasteiger partial charge on any atom is 0.141 e. The molecule has 0 saturated carbocycles. The summed E-state index contributed by atoms with van der Waals surface area (Å²) >= 11 is 5.83. The molecule has 1 unspecified atom stereocenters. The Morgan fingerprint density at radius 2 is 2.10 bits per heavy atom. The normalized spacial score (nSPS) is 12.9. The molecule has 0 aliphatic rings. The van der Waals surface area contributed by atoms with Gasteiger partial charge in [0.25, 0.3) is 0 Å². The standard InChI is InChI=1S/C15H18ClFN2O/c1-10-3-5-12(20-10)9-19(2)15(8-18)11-4-6-14(17)13(16)7-11/h3-7,15H,8-9,18H2,1-2H3. The molecule has 108 valence electrons. The van der Waals surface area contributed by atoms with Crippen molar-refractivity contribution in [2.75, 3.05) is 13.6 Å². The van der Waals surface area contributed by atoms with Crippen LogP contribution in [0.5, 0.6) is 0 Å². The van der Waals surface area contributed by atoms with E-state index < -0.39 is 5.82 Å². The van der Waals surface area contributed by atoms with Crippen LogP contribution < -0.4 is 5.73 Å². The molecule has 0 radical (unpaired) electrons. The molecule has 5 heteroatoms. The van der Waals surface area contributed by atoms with E-state index in [0.29, 0.717) is 13.1 Å². The molecule has 3 nitrogen and oxygen atoms in total. The van der Waals surface area contributed by atoms with E-state index >= 15 is 0 Å². The minimum absolute atomic E-state index is 0.0430. The number of hydrogen-bond acceptors (Lipinski definition) is 3. The highest BCUT2D eigenvalue weighted by molar-refractivity contribution is 6.30. The molecule has 0 fully saturated rings. The Labute approximate surface area is 123 Å². The zero-order valence-corrected chi connectivity index (χ0v) is 12.3.